The molecule has 0 radical (unpaired) electrons. The van der Waals surface area contributed by atoms with Gasteiger partial charge in [0.05, 0.1) is 10.5 Å². The molecule has 0 aliphatic carbocycles. The van der Waals surface area contributed by atoms with Gasteiger partial charge in [0, 0.05) is 5.56 Å². The Morgan fingerprint density at radius 1 is 1.10 bits per heavy atom. The number of hydrogen-bond acceptors (Lipinski definition) is 1. The Morgan fingerprint density at radius 3 is 2.50 bits per heavy atom. The van der Waals surface area contributed by atoms with Gasteiger partial charge in [-0.25, -0.2) is 8.78 Å². The van der Waals surface area contributed by atoms with Crippen molar-refractivity contribution in [3.05, 3.63) is 69.7 Å². The molecule has 0 heterocycles. The van der Waals surface area contributed by atoms with Crippen molar-refractivity contribution in [1.29, 1.82) is 0 Å². The standard InChI is InChI=1S/C16H16BrF2N/c1-2-9-20-16(12-5-3-4-6-14(12)18)11-7-8-13(17)15(19)10-11/h3-8,10,16,20H,2,9H2,1H3. The first-order valence-corrected chi connectivity index (χ1v) is 7.35. The van der Waals surface area contributed by atoms with Crippen molar-refractivity contribution < 1.29 is 8.78 Å². The third kappa shape index (κ3) is 3.44. The van der Waals surface area contributed by atoms with Crippen LogP contribution in [-0.4, -0.2) is 6.54 Å². The Labute approximate surface area is 126 Å². The van der Waals surface area contributed by atoms with Gasteiger partial charge in [0.2, 0.25) is 0 Å². The summed E-state index contributed by atoms with van der Waals surface area (Å²) in [5.41, 5.74) is 1.24. The van der Waals surface area contributed by atoms with E-state index in [9.17, 15) is 8.78 Å². The summed E-state index contributed by atoms with van der Waals surface area (Å²) < 4.78 is 28.1. The Kier molecular flexibility index (Phi) is 5.26. The molecule has 2 aromatic rings. The number of hydrogen-bond donors (Lipinski definition) is 1. The van der Waals surface area contributed by atoms with Crippen LogP contribution < -0.4 is 5.32 Å². The predicted octanol–water partition coefficient (Wildman–Crippen LogP) is 4.82. The van der Waals surface area contributed by atoms with Crippen LogP contribution in [0.25, 0.3) is 0 Å². The minimum atomic E-state index is -0.348. The van der Waals surface area contributed by atoms with Gasteiger partial charge in [0.25, 0.3) is 0 Å². The average molecular weight is 340 g/mol. The molecule has 4 heteroatoms. The molecular weight excluding hydrogens is 324 g/mol. The summed E-state index contributed by atoms with van der Waals surface area (Å²) in [6.07, 6.45) is 0.921. The molecule has 0 amide bonds. The number of halogens is 3. The van der Waals surface area contributed by atoms with E-state index >= 15 is 0 Å². The monoisotopic (exact) mass is 339 g/mol. The van der Waals surface area contributed by atoms with Crippen molar-refractivity contribution in [2.45, 2.75) is 19.4 Å². The summed E-state index contributed by atoms with van der Waals surface area (Å²) in [5.74, 6) is -0.633. The van der Waals surface area contributed by atoms with E-state index in [2.05, 4.69) is 21.2 Å². The van der Waals surface area contributed by atoms with E-state index in [1.807, 2.05) is 6.92 Å². The Hall–Kier alpha value is -1.26. The second kappa shape index (κ2) is 6.95. The van der Waals surface area contributed by atoms with Gasteiger partial charge in [-0.3, -0.25) is 0 Å². The second-order valence-electron chi connectivity index (χ2n) is 4.58. The highest BCUT2D eigenvalue weighted by Crippen LogP contribution is 2.27. The van der Waals surface area contributed by atoms with E-state index in [1.165, 1.54) is 12.1 Å². The van der Waals surface area contributed by atoms with Crippen LogP contribution in [0.5, 0.6) is 0 Å². The van der Waals surface area contributed by atoms with Crippen LogP contribution >= 0.6 is 15.9 Å². The van der Waals surface area contributed by atoms with Crippen molar-refractivity contribution in [2.75, 3.05) is 6.54 Å². The molecule has 1 nitrogen and oxygen atoms in total. The molecule has 0 spiro atoms. The zero-order valence-corrected chi connectivity index (χ0v) is 12.8. The van der Waals surface area contributed by atoms with Crippen molar-refractivity contribution in [2.24, 2.45) is 0 Å². The summed E-state index contributed by atoms with van der Waals surface area (Å²) in [5, 5.41) is 3.27. The van der Waals surface area contributed by atoms with E-state index < -0.39 is 0 Å². The van der Waals surface area contributed by atoms with Crippen LogP contribution in [0.15, 0.2) is 46.9 Å². The SMILES string of the molecule is CCCNC(c1ccc(Br)c(F)c1)c1ccccc1F. The zero-order valence-electron chi connectivity index (χ0n) is 11.2. The summed E-state index contributed by atoms with van der Waals surface area (Å²) in [6, 6.07) is 11.1. The molecule has 2 rings (SSSR count). The van der Waals surface area contributed by atoms with E-state index in [0.29, 0.717) is 15.6 Å². The molecule has 2 aromatic carbocycles. The van der Waals surface area contributed by atoms with Gasteiger partial charge in [-0.05, 0) is 52.7 Å². The van der Waals surface area contributed by atoms with Crippen molar-refractivity contribution in [3.63, 3.8) is 0 Å². The normalized spacial score (nSPS) is 12.4. The molecule has 1 atom stereocenters. The molecule has 0 aliphatic heterocycles. The third-order valence-corrected chi connectivity index (χ3v) is 3.73. The summed E-state index contributed by atoms with van der Waals surface area (Å²) in [6.45, 7) is 2.77. The lowest BCUT2D eigenvalue weighted by Gasteiger charge is -2.20. The Morgan fingerprint density at radius 2 is 1.85 bits per heavy atom. The van der Waals surface area contributed by atoms with Crippen LogP contribution in [0, 0.1) is 11.6 Å². The van der Waals surface area contributed by atoms with Crippen molar-refractivity contribution >= 4 is 15.9 Å². The molecule has 106 valence electrons. The Bertz CT molecular complexity index is 586. The van der Waals surface area contributed by atoms with E-state index in [-0.39, 0.29) is 17.7 Å². The summed E-state index contributed by atoms with van der Waals surface area (Å²) >= 11 is 3.13. The minimum absolute atomic E-state index is 0.288. The number of nitrogens with one attached hydrogen (secondary N) is 1. The molecule has 0 aliphatic rings. The predicted molar refractivity (Wildman–Crippen MR) is 80.6 cm³/mol. The molecule has 0 saturated heterocycles. The molecule has 0 aromatic heterocycles. The van der Waals surface area contributed by atoms with E-state index in [0.717, 1.165) is 13.0 Å². The molecule has 1 unspecified atom stereocenters. The minimum Gasteiger partial charge on any atom is -0.306 e. The van der Waals surface area contributed by atoms with Gasteiger partial charge in [-0.15, -0.1) is 0 Å². The van der Waals surface area contributed by atoms with E-state index in [4.69, 9.17) is 0 Å². The average Bonchev–Trinajstić information content (AvgIpc) is 2.44. The van der Waals surface area contributed by atoms with Crippen molar-refractivity contribution in [1.82, 2.24) is 5.32 Å². The maximum atomic E-state index is 14.0. The smallest absolute Gasteiger partial charge is 0.137 e. The maximum Gasteiger partial charge on any atom is 0.137 e. The molecule has 0 bridgehead atoms. The number of rotatable bonds is 5. The molecule has 0 saturated carbocycles. The third-order valence-electron chi connectivity index (χ3n) is 3.09. The van der Waals surface area contributed by atoms with Gasteiger partial charge in [-0.2, -0.15) is 0 Å². The first kappa shape index (κ1) is 15.1. The lowest BCUT2D eigenvalue weighted by atomic mass is 9.98. The summed E-state index contributed by atoms with van der Waals surface area (Å²) in [7, 11) is 0. The van der Waals surface area contributed by atoms with Gasteiger partial charge >= 0.3 is 0 Å². The number of benzene rings is 2. The van der Waals surface area contributed by atoms with Gasteiger partial charge in [0.1, 0.15) is 11.6 Å². The van der Waals surface area contributed by atoms with Crippen LogP contribution in [0.1, 0.15) is 30.5 Å². The fourth-order valence-electron chi connectivity index (χ4n) is 2.10. The lowest BCUT2D eigenvalue weighted by molar-refractivity contribution is 0.542. The first-order valence-electron chi connectivity index (χ1n) is 6.56. The molecule has 1 N–H and O–H groups in total. The van der Waals surface area contributed by atoms with Crippen LogP contribution in [0.4, 0.5) is 8.78 Å². The van der Waals surface area contributed by atoms with Gasteiger partial charge in [0.15, 0.2) is 0 Å². The van der Waals surface area contributed by atoms with Crippen LogP contribution in [0.3, 0.4) is 0 Å². The zero-order chi connectivity index (χ0) is 14.5. The molecule has 0 fully saturated rings. The van der Waals surface area contributed by atoms with E-state index in [1.54, 1.807) is 30.3 Å². The second-order valence-corrected chi connectivity index (χ2v) is 5.44. The molecule has 20 heavy (non-hydrogen) atoms. The fourth-order valence-corrected chi connectivity index (χ4v) is 2.34. The highest BCUT2D eigenvalue weighted by molar-refractivity contribution is 9.10. The topological polar surface area (TPSA) is 12.0 Å². The lowest BCUT2D eigenvalue weighted by Crippen LogP contribution is -2.24. The fraction of sp³-hybridized carbons (Fsp3) is 0.250. The van der Waals surface area contributed by atoms with Crippen LogP contribution in [0.2, 0.25) is 0 Å². The van der Waals surface area contributed by atoms with Crippen LogP contribution in [-0.2, 0) is 0 Å². The quantitative estimate of drug-likeness (QED) is 0.823. The highest BCUT2D eigenvalue weighted by atomic mass is 79.9. The Balaban J connectivity index is 2.41. The maximum absolute atomic E-state index is 14.0. The molecular formula is C16H16BrF2N. The van der Waals surface area contributed by atoms with Gasteiger partial charge in [-0.1, -0.05) is 31.2 Å². The van der Waals surface area contributed by atoms with Crippen molar-refractivity contribution in [3.8, 4) is 0 Å². The van der Waals surface area contributed by atoms with Gasteiger partial charge < -0.3 is 5.32 Å². The largest absolute Gasteiger partial charge is 0.306 e. The first-order chi connectivity index (χ1) is 9.63. The summed E-state index contributed by atoms with van der Waals surface area (Å²) in [4.78, 5) is 0. The highest BCUT2D eigenvalue weighted by Gasteiger charge is 2.18.